The van der Waals surface area contributed by atoms with Crippen molar-refractivity contribution < 1.29 is 4.79 Å². The van der Waals surface area contributed by atoms with Crippen molar-refractivity contribution in [3.63, 3.8) is 0 Å². The van der Waals surface area contributed by atoms with Crippen LogP contribution in [0.2, 0.25) is 0 Å². The smallest absolute Gasteiger partial charge is 0.234 e. The number of amides is 1. The maximum absolute atomic E-state index is 12.0. The van der Waals surface area contributed by atoms with Crippen molar-refractivity contribution in [1.29, 1.82) is 0 Å². The van der Waals surface area contributed by atoms with Crippen LogP contribution in [0.15, 0.2) is 30.3 Å². The van der Waals surface area contributed by atoms with Gasteiger partial charge >= 0.3 is 0 Å². The molecular formula is C17H26N2O. The van der Waals surface area contributed by atoms with Gasteiger partial charge in [0.25, 0.3) is 0 Å². The normalized spacial score (nSPS) is 19.4. The van der Waals surface area contributed by atoms with Crippen LogP contribution in [0.4, 0.5) is 0 Å². The van der Waals surface area contributed by atoms with Crippen molar-refractivity contribution in [3.8, 4) is 0 Å². The zero-order valence-corrected chi connectivity index (χ0v) is 12.6. The van der Waals surface area contributed by atoms with Gasteiger partial charge in [0.05, 0.1) is 6.54 Å². The van der Waals surface area contributed by atoms with E-state index in [2.05, 4.69) is 54.4 Å². The number of carbonyl (C=O) groups excluding carboxylic acids is 1. The summed E-state index contributed by atoms with van der Waals surface area (Å²) in [6, 6.07) is 11.0. The molecule has 3 heteroatoms. The predicted octanol–water partition coefficient (Wildman–Crippen LogP) is 2.78. The number of nitrogens with zero attached hydrogens (tertiary/aromatic N) is 1. The highest BCUT2D eigenvalue weighted by Crippen LogP contribution is 2.26. The van der Waals surface area contributed by atoms with Crippen molar-refractivity contribution in [2.24, 2.45) is 0 Å². The summed E-state index contributed by atoms with van der Waals surface area (Å²) in [7, 11) is 0. The summed E-state index contributed by atoms with van der Waals surface area (Å²) in [5.41, 5.74) is 1.40. The third kappa shape index (κ3) is 4.07. The van der Waals surface area contributed by atoms with Gasteiger partial charge in [-0.1, -0.05) is 44.2 Å². The Morgan fingerprint density at radius 1 is 1.30 bits per heavy atom. The van der Waals surface area contributed by atoms with E-state index in [1.807, 2.05) is 0 Å². The van der Waals surface area contributed by atoms with E-state index in [1.165, 1.54) is 5.56 Å². The molecular weight excluding hydrogens is 248 g/mol. The summed E-state index contributed by atoms with van der Waals surface area (Å²) in [4.78, 5) is 14.3. The summed E-state index contributed by atoms with van der Waals surface area (Å²) in [5.74, 6) is 0.754. The minimum Gasteiger partial charge on any atom is -0.352 e. The van der Waals surface area contributed by atoms with Crippen molar-refractivity contribution in [3.05, 3.63) is 35.9 Å². The molecule has 0 unspecified atom stereocenters. The first-order chi connectivity index (χ1) is 9.72. The van der Waals surface area contributed by atoms with Gasteiger partial charge in [-0.05, 0) is 37.3 Å². The second kappa shape index (κ2) is 7.44. The van der Waals surface area contributed by atoms with Crippen LogP contribution in [-0.2, 0) is 4.79 Å². The monoisotopic (exact) mass is 274 g/mol. The molecule has 1 fully saturated rings. The number of carbonyl (C=O) groups is 1. The minimum absolute atomic E-state index is 0.174. The summed E-state index contributed by atoms with van der Waals surface area (Å²) >= 11 is 0. The van der Waals surface area contributed by atoms with Crippen molar-refractivity contribution in [2.45, 2.75) is 45.1 Å². The molecule has 0 bridgehead atoms. The Balaban J connectivity index is 1.80. The molecule has 0 spiro atoms. The van der Waals surface area contributed by atoms with Crippen molar-refractivity contribution in [2.75, 3.05) is 19.6 Å². The van der Waals surface area contributed by atoms with E-state index in [4.69, 9.17) is 0 Å². The first-order valence-corrected chi connectivity index (χ1v) is 7.79. The van der Waals surface area contributed by atoms with Crippen LogP contribution in [0.25, 0.3) is 0 Å². The third-order valence-electron chi connectivity index (χ3n) is 4.26. The molecule has 2 rings (SSSR count). The van der Waals surface area contributed by atoms with E-state index in [9.17, 15) is 4.79 Å². The second-order valence-electron chi connectivity index (χ2n) is 5.71. The summed E-state index contributed by atoms with van der Waals surface area (Å²) < 4.78 is 0. The lowest BCUT2D eigenvalue weighted by atomic mass is 9.99. The molecule has 0 aromatic heterocycles. The van der Waals surface area contributed by atoms with Crippen LogP contribution in [0.1, 0.15) is 44.6 Å². The van der Waals surface area contributed by atoms with Gasteiger partial charge < -0.3 is 5.32 Å². The van der Waals surface area contributed by atoms with E-state index in [0.717, 1.165) is 32.4 Å². The Morgan fingerprint density at radius 3 is 2.65 bits per heavy atom. The zero-order chi connectivity index (χ0) is 14.4. The number of benzene rings is 1. The Kier molecular flexibility index (Phi) is 5.60. The highest BCUT2D eigenvalue weighted by atomic mass is 16.2. The fraction of sp³-hybridized carbons (Fsp3) is 0.588. The molecule has 1 N–H and O–H groups in total. The fourth-order valence-electron chi connectivity index (χ4n) is 2.94. The van der Waals surface area contributed by atoms with E-state index in [1.54, 1.807) is 0 Å². The molecule has 1 atom stereocenters. The van der Waals surface area contributed by atoms with Gasteiger partial charge in [-0.3, -0.25) is 9.69 Å². The Bertz CT molecular complexity index is 414. The Labute approximate surface area is 122 Å². The lowest BCUT2D eigenvalue weighted by Gasteiger charge is -2.19. The SMILES string of the molecule is CCC(CC)NC(=O)CN1CC[C@H](c2ccccc2)C1. The quantitative estimate of drug-likeness (QED) is 0.865. The lowest BCUT2D eigenvalue weighted by molar-refractivity contribution is -0.122. The Morgan fingerprint density at radius 2 is 2.00 bits per heavy atom. The average molecular weight is 274 g/mol. The van der Waals surface area contributed by atoms with E-state index < -0.39 is 0 Å². The van der Waals surface area contributed by atoms with E-state index >= 15 is 0 Å². The molecule has 1 amide bonds. The highest BCUT2D eigenvalue weighted by Gasteiger charge is 2.25. The number of hydrogen-bond acceptors (Lipinski definition) is 2. The molecule has 0 saturated carbocycles. The summed E-state index contributed by atoms with van der Waals surface area (Å²) in [6.07, 6.45) is 3.17. The molecule has 3 nitrogen and oxygen atoms in total. The summed E-state index contributed by atoms with van der Waals surface area (Å²) in [5, 5.41) is 3.12. The number of likely N-dealkylation sites (tertiary alicyclic amines) is 1. The van der Waals surface area contributed by atoms with Crippen LogP contribution >= 0.6 is 0 Å². The molecule has 1 saturated heterocycles. The van der Waals surface area contributed by atoms with E-state index in [-0.39, 0.29) is 5.91 Å². The first-order valence-electron chi connectivity index (χ1n) is 7.79. The maximum Gasteiger partial charge on any atom is 0.234 e. The van der Waals surface area contributed by atoms with Crippen LogP contribution < -0.4 is 5.32 Å². The summed E-state index contributed by atoms with van der Waals surface area (Å²) in [6.45, 7) is 6.81. The van der Waals surface area contributed by atoms with Gasteiger partial charge in [0.2, 0.25) is 5.91 Å². The van der Waals surface area contributed by atoms with Crippen molar-refractivity contribution in [1.82, 2.24) is 10.2 Å². The average Bonchev–Trinajstić information content (AvgIpc) is 2.94. The second-order valence-corrected chi connectivity index (χ2v) is 5.71. The number of rotatable bonds is 6. The highest BCUT2D eigenvalue weighted by molar-refractivity contribution is 5.78. The van der Waals surface area contributed by atoms with Gasteiger partial charge in [0.15, 0.2) is 0 Å². The standard InChI is InChI=1S/C17H26N2O/c1-3-16(4-2)18-17(20)13-19-11-10-15(12-19)14-8-6-5-7-9-14/h5-9,15-16H,3-4,10-13H2,1-2H3,(H,18,20)/t15-/m0/s1. The van der Waals surface area contributed by atoms with Gasteiger partial charge in [-0.15, -0.1) is 0 Å². The van der Waals surface area contributed by atoms with Gasteiger partial charge in [0, 0.05) is 12.6 Å². The largest absolute Gasteiger partial charge is 0.352 e. The molecule has 1 aliphatic heterocycles. The molecule has 20 heavy (non-hydrogen) atoms. The molecule has 0 aliphatic carbocycles. The Hall–Kier alpha value is -1.35. The molecule has 1 heterocycles. The predicted molar refractivity (Wildman–Crippen MR) is 82.8 cm³/mol. The number of nitrogens with one attached hydrogen (secondary N) is 1. The van der Waals surface area contributed by atoms with Gasteiger partial charge in [-0.25, -0.2) is 0 Å². The fourth-order valence-corrected chi connectivity index (χ4v) is 2.94. The number of hydrogen-bond donors (Lipinski definition) is 1. The van der Waals surface area contributed by atoms with Crippen LogP contribution in [-0.4, -0.2) is 36.5 Å². The van der Waals surface area contributed by atoms with Gasteiger partial charge in [-0.2, -0.15) is 0 Å². The maximum atomic E-state index is 12.0. The molecule has 110 valence electrons. The topological polar surface area (TPSA) is 32.3 Å². The minimum atomic E-state index is 0.174. The molecule has 0 radical (unpaired) electrons. The molecule has 1 aromatic rings. The van der Waals surface area contributed by atoms with Crippen LogP contribution in [0.5, 0.6) is 0 Å². The van der Waals surface area contributed by atoms with Crippen LogP contribution in [0, 0.1) is 0 Å². The van der Waals surface area contributed by atoms with Crippen molar-refractivity contribution >= 4 is 5.91 Å². The first kappa shape index (κ1) is 15.0. The lowest BCUT2D eigenvalue weighted by Crippen LogP contribution is -2.41. The zero-order valence-electron chi connectivity index (χ0n) is 12.6. The third-order valence-corrected chi connectivity index (χ3v) is 4.26. The van der Waals surface area contributed by atoms with Gasteiger partial charge in [0.1, 0.15) is 0 Å². The van der Waals surface area contributed by atoms with E-state index in [0.29, 0.717) is 18.5 Å². The molecule has 1 aliphatic rings. The molecule has 1 aromatic carbocycles. The van der Waals surface area contributed by atoms with Crippen LogP contribution in [0.3, 0.4) is 0 Å².